The third-order valence-electron chi connectivity index (χ3n) is 0.542. The van der Waals surface area contributed by atoms with Gasteiger partial charge < -0.3 is 4.74 Å². The van der Waals surface area contributed by atoms with Crippen molar-refractivity contribution in [2.24, 2.45) is 7.05 Å². The van der Waals surface area contributed by atoms with E-state index in [0.717, 1.165) is 0 Å². The van der Waals surface area contributed by atoms with E-state index in [1.807, 2.05) is 7.05 Å². The summed E-state index contributed by atoms with van der Waals surface area (Å²) in [6.07, 6.45) is 3.42. The number of hydrogen-bond donors (Lipinski definition) is 0. The molecule has 0 aromatic carbocycles. The van der Waals surface area contributed by atoms with Crippen LogP contribution in [0.15, 0.2) is 12.4 Å². The first-order chi connectivity index (χ1) is 4.31. The van der Waals surface area contributed by atoms with Gasteiger partial charge in [0.05, 0.1) is 6.20 Å². The number of ether oxygens (including phenoxy) is 1. The van der Waals surface area contributed by atoms with Gasteiger partial charge in [0.2, 0.25) is 0 Å². The highest BCUT2D eigenvalue weighted by Crippen LogP contribution is 1.66. The first kappa shape index (κ1) is 8.10. The second-order valence-electron chi connectivity index (χ2n) is 1.48. The highest BCUT2D eigenvalue weighted by molar-refractivity contribution is 4.59. The first-order valence-electron chi connectivity index (χ1n) is 2.51. The van der Waals surface area contributed by atoms with E-state index < -0.39 is 0 Å². The molecule has 52 valence electrons. The van der Waals surface area contributed by atoms with Crippen LogP contribution in [0.5, 0.6) is 0 Å². The Hall–Kier alpha value is -0.900. The Balaban J connectivity index is 0.000000187. The average molecular weight is 129 g/mol. The van der Waals surface area contributed by atoms with Crippen LogP contribution in [0.3, 0.4) is 0 Å². The van der Waals surface area contributed by atoms with Crippen LogP contribution in [0.25, 0.3) is 0 Å². The highest BCUT2D eigenvalue weighted by Gasteiger charge is 1.70. The van der Waals surface area contributed by atoms with Gasteiger partial charge in [0.25, 0.3) is 0 Å². The smallest absolute Gasteiger partial charge is 0.0692 e. The van der Waals surface area contributed by atoms with Gasteiger partial charge in [-0.15, -0.1) is 5.10 Å². The predicted molar refractivity (Wildman–Crippen MR) is 33.9 cm³/mol. The van der Waals surface area contributed by atoms with E-state index in [1.165, 1.54) is 0 Å². The maximum atomic E-state index is 4.25. The van der Waals surface area contributed by atoms with Crippen molar-refractivity contribution in [2.75, 3.05) is 14.2 Å². The molecule has 0 amide bonds. The fraction of sp³-hybridized carbons (Fsp3) is 0.600. The average Bonchev–Trinajstić information content (AvgIpc) is 2.20. The summed E-state index contributed by atoms with van der Waals surface area (Å²) < 4.78 is 5.89. The van der Waals surface area contributed by atoms with Crippen LogP contribution in [0, 0.1) is 0 Å². The largest absolute Gasteiger partial charge is 0.388 e. The van der Waals surface area contributed by atoms with Crippen molar-refractivity contribution in [1.82, 2.24) is 15.0 Å². The van der Waals surface area contributed by atoms with Crippen molar-refractivity contribution < 1.29 is 4.74 Å². The maximum Gasteiger partial charge on any atom is 0.0692 e. The minimum atomic E-state index is 1.62. The molecule has 4 heteroatoms. The molecule has 0 bridgehead atoms. The Bertz CT molecular complexity index is 127. The van der Waals surface area contributed by atoms with Gasteiger partial charge in [0.1, 0.15) is 0 Å². The SMILES string of the molecule is COC.Cn1ccnn1. The van der Waals surface area contributed by atoms with Gasteiger partial charge in [-0.1, -0.05) is 5.21 Å². The van der Waals surface area contributed by atoms with E-state index in [2.05, 4.69) is 15.0 Å². The van der Waals surface area contributed by atoms with Crippen LogP contribution >= 0.6 is 0 Å². The number of aromatic nitrogens is 3. The summed E-state index contributed by atoms with van der Waals surface area (Å²) in [5.41, 5.74) is 0. The van der Waals surface area contributed by atoms with Crippen molar-refractivity contribution in [3.05, 3.63) is 12.4 Å². The summed E-state index contributed by atoms with van der Waals surface area (Å²) in [6, 6.07) is 0. The molecule has 4 nitrogen and oxygen atoms in total. The van der Waals surface area contributed by atoms with E-state index in [0.29, 0.717) is 0 Å². The minimum Gasteiger partial charge on any atom is -0.388 e. The third-order valence-corrected chi connectivity index (χ3v) is 0.542. The van der Waals surface area contributed by atoms with Crippen LogP contribution in [0.2, 0.25) is 0 Å². The Kier molecular flexibility index (Phi) is 4.72. The second kappa shape index (κ2) is 5.24. The van der Waals surface area contributed by atoms with E-state index in [-0.39, 0.29) is 0 Å². The minimum absolute atomic E-state index is 1.62. The van der Waals surface area contributed by atoms with E-state index in [4.69, 9.17) is 0 Å². The first-order valence-corrected chi connectivity index (χ1v) is 2.51. The van der Waals surface area contributed by atoms with Crippen molar-refractivity contribution in [1.29, 1.82) is 0 Å². The predicted octanol–water partition coefficient (Wildman–Crippen LogP) is 0.0777. The van der Waals surface area contributed by atoms with Gasteiger partial charge in [-0.3, -0.25) is 4.68 Å². The lowest BCUT2D eigenvalue weighted by Crippen LogP contribution is -1.85. The normalized spacial score (nSPS) is 7.89. The van der Waals surface area contributed by atoms with Crippen LogP contribution in [0.1, 0.15) is 0 Å². The Morgan fingerprint density at radius 1 is 1.44 bits per heavy atom. The number of methoxy groups -OCH3 is 1. The van der Waals surface area contributed by atoms with Gasteiger partial charge in [0.15, 0.2) is 0 Å². The van der Waals surface area contributed by atoms with E-state index >= 15 is 0 Å². The van der Waals surface area contributed by atoms with Crippen molar-refractivity contribution in [3.63, 3.8) is 0 Å². The van der Waals surface area contributed by atoms with Crippen LogP contribution < -0.4 is 0 Å². The van der Waals surface area contributed by atoms with E-state index in [1.54, 1.807) is 31.3 Å². The van der Waals surface area contributed by atoms with Crippen molar-refractivity contribution >= 4 is 0 Å². The highest BCUT2D eigenvalue weighted by atomic mass is 16.4. The fourth-order valence-electron chi connectivity index (χ4n) is 0.267. The van der Waals surface area contributed by atoms with Gasteiger partial charge >= 0.3 is 0 Å². The summed E-state index contributed by atoms with van der Waals surface area (Å²) in [5, 5.41) is 7.12. The molecule has 0 N–H and O–H groups in total. The summed E-state index contributed by atoms with van der Waals surface area (Å²) in [5.74, 6) is 0. The molecule has 1 aromatic heterocycles. The zero-order chi connectivity index (χ0) is 7.11. The fourth-order valence-corrected chi connectivity index (χ4v) is 0.267. The third kappa shape index (κ3) is 4.96. The van der Waals surface area contributed by atoms with Gasteiger partial charge in [0, 0.05) is 27.5 Å². The molecule has 0 unspecified atom stereocenters. The van der Waals surface area contributed by atoms with E-state index in [9.17, 15) is 0 Å². The molecule has 0 atom stereocenters. The van der Waals surface area contributed by atoms with Crippen LogP contribution in [-0.4, -0.2) is 29.2 Å². The molecule has 1 heterocycles. The molecule has 0 aliphatic rings. The molecule has 0 aliphatic carbocycles. The molecule has 0 saturated carbocycles. The molecular weight excluding hydrogens is 118 g/mol. The van der Waals surface area contributed by atoms with Crippen LogP contribution in [-0.2, 0) is 11.8 Å². The van der Waals surface area contributed by atoms with Gasteiger partial charge in [-0.05, 0) is 0 Å². The molecule has 0 fully saturated rings. The number of nitrogens with zero attached hydrogens (tertiary/aromatic N) is 3. The second-order valence-corrected chi connectivity index (χ2v) is 1.48. The maximum absolute atomic E-state index is 4.25. The zero-order valence-electron chi connectivity index (χ0n) is 5.90. The molecule has 0 aliphatic heterocycles. The number of aryl methyl sites for hydroxylation is 1. The lowest BCUT2D eigenvalue weighted by molar-refractivity contribution is 0.277. The summed E-state index contributed by atoms with van der Waals surface area (Å²) >= 11 is 0. The van der Waals surface area contributed by atoms with Crippen molar-refractivity contribution in [3.8, 4) is 0 Å². The zero-order valence-corrected chi connectivity index (χ0v) is 5.90. The lowest BCUT2D eigenvalue weighted by atomic mass is 10.9. The molecule has 1 aromatic rings. The lowest BCUT2D eigenvalue weighted by Gasteiger charge is -1.74. The quantitative estimate of drug-likeness (QED) is 0.498. The monoisotopic (exact) mass is 129 g/mol. The van der Waals surface area contributed by atoms with Gasteiger partial charge in [-0.25, -0.2) is 0 Å². The molecule has 1 rings (SSSR count). The van der Waals surface area contributed by atoms with Gasteiger partial charge in [-0.2, -0.15) is 0 Å². The number of hydrogen-bond acceptors (Lipinski definition) is 3. The molecule has 9 heavy (non-hydrogen) atoms. The standard InChI is InChI=1S/C3H5N3.C2H6O/c1-6-3-2-4-5-6;1-3-2/h2-3H,1H3;1-2H3. The van der Waals surface area contributed by atoms with Crippen molar-refractivity contribution in [2.45, 2.75) is 0 Å². The summed E-state index contributed by atoms with van der Waals surface area (Å²) in [6.45, 7) is 0. The number of rotatable bonds is 0. The molecule has 0 spiro atoms. The topological polar surface area (TPSA) is 39.9 Å². The molecule has 0 radical (unpaired) electrons. The Morgan fingerprint density at radius 2 is 2.00 bits per heavy atom. The Morgan fingerprint density at radius 3 is 2.11 bits per heavy atom. The molecular formula is C5H11N3O. The summed E-state index contributed by atoms with van der Waals surface area (Å²) in [7, 11) is 5.08. The Labute approximate surface area is 54.4 Å². The summed E-state index contributed by atoms with van der Waals surface area (Å²) in [4.78, 5) is 0. The molecule has 0 saturated heterocycles. The van der Waals surface area contributed by atoms with Crippen LogP contribution in [0.4, 0.5) is 0 Å².